The highest BCUT2D eigenvalue weighted by atomic mass is 35.5. The molecule has 0 aromatic heterocycles. The molecule has 1 fully saturated rings. The number of hydrogen-bond acceptors (Lipinski definition) is 1. The van der Waals surface area contributed by atoms with Gasteiger partial charge >= 0.3 is 0 Å². The Kier molecular flexibility index (Phi) is 2.53. The van der Waals surface area contributed by atoms with Gasteiger partial charge in [-0.1, -0.05) is 29.8 Å². The lowest BCUT2D eigenvalue weighted by Gasteiger charge is -2.30. The van der Waals surface area contributed by atoms with Gasteiger partial charge in [-0.3, -0.25) is 4.90 Å². The maximum absolute atomic E-state index is 5.92. The summed E-state index contributed by atoms with van der Waals surface area (Å²) in [6.07, 6.45) is 6.29. The fourth-order valence-electron chi connectivity index (χ4n) is 2.92. The molecule has 1 nitrogen and oxygen atoms in total. The van der Waals surface area contributed by atoms with Crippen LogP contribution in [0.15, 0.2) is 30.3 Å². The third kappa shape index (κ3) is 1.68. The number of nitrogens with zero attached hydrogens (tertiary/aromatic N) is 1. The largest absolute Gasteiger partial charge is 0.297 e. The molecule has 2 atom stereocenters. The van der Waals surface area contributed by atoms with E-state index in [4.69, 9.17) is 11.6 Å². The Hall–Kier alpha value is -0.790. The predicted octanol–water partition coefficient (Wildman–Crippen LogP) is 3.59. The van der Waals surface area contributed by atoms with Gasteiger partial charge < -0.3 is 0 Å². The first-order chi connectivity index (χ1) is 7.74. The van der Waals surface area contributed by atoms with Gasteiger partial charge in [0.1, 0.15) is 0 Å². The average Bonchev–Trinajstić information content (AvgIpc) is 2.54. The van der Waals surface area contributed by atoms with Crippen molar-refractivity contribution in [3.8, 4) is 0 Å². The minimum Gasteiger partial charge on any atom is -0.297 e. The maximum atomic E-state index is 5.92. The molecule has 0 amide bonds. The quantitative estimate of drug-likeness (QED) is 0.717. The van der Waals surface area contributed by atoms with E-state index in [0.717, 1.165) is 11.1 Å². The molecular weight excluding hydrogens is 218 g/mol. The van der Waals surface area contributed by atoms with E-state index < -0.39 is 0 Å². The van der Waals surface area contributed by atoms with Crippen LogP contribution in [0.25, 0.3) is 5.57 Å². The van der Waals surface area contributed by atoms with Crippen LogP contribution in [0.3, 0.4) is 0 Å². The van der Waals surface area contributed by atoms with E-state index in [2.05, 4.69) is 30.2 Å². The van der Waals surface area contributed by atoms with E-state index in [-0.39, 0.29) is 0 Å². The number of halogens is 1. The van der Waals surface area contributed by atoms with Crippen LogP contribution in [0.2, 0.25) is 5.02 Å². The van der Waals surface area contributed by atoms with Gasteiger partial charge in [0, 0.05) is 17.1 Å². The molecule has 3 rings (SSSR count). The molecule has 2 bridgehead atoms. The average molecular weight is 234 g/mol. The SMILES string of the molecule is CN1C2C=C(c3ccc(Cl)cc3)CC1CC2. The zero-order valence-electron chi connectivity index (χ0n) is 9.49. The molecule has 0 radical (unpaired) electrons. The summed E-state index contributed by atoms with van der Waals surface area (Å²) in [7, 11) is 2.25. The monoisotopic (exact) mass is 233 g/mol. The van der Waals surface area contributed by atoms with Crippen LogP contribution >= 0.6 is 11.6 Å². The second kappa shape index (κ2) is 3.90. The van der Waals surface area contributed by atoms with Crippen molar-refractivity contribution in [2.75, 3.05) is 7.05 Å². The summed E-state index contributed by atoms with van der Waals surface area (Å²) in [6.45, 7) is 0. The van der Waals surface area contributed by atoms with Crippen LogP contribution in [0.4, 0.5) is 0 Å². The Morgan fingerprint density at radius 1 is 1.19 bits per heavy atom. The molecule has 2 heterocycles. The Bertz CT molecular complexity index is 421. The second-order valence-electron chi connectivity index (χ2n) is 4.87. The molecule has 2 unspecified atom stereocenters. The van der Waals surface area contributed by atoms with Gasteiger partial charge in [0.2, 0.25) is 0 Å². The first kappa shape index (κ1) is 10.4. The standard InChI is InChI=1S/C14H16ClN/c1-16-13-6-7-14(16)9-11(8-13)10-2-4-12(15)5-3-10/h2-5,8,13-14H,6-7,9H2,1H3. The number of likely N-dealkylation sites (N-methyl/N-ethyl adjacent to an activating group) is 1. The van der Waals surface area contributed by atoms with Crippen molar-refractivity contribution in [1.82, 2.24) is 4.90 Å². The van der Waals surface area contributed by atoms with Gasteiger partial charge in [-0.15, -0.1) is 0 Å². The molecule has 1 saturated heterocycles. The molecule has 0 N–H and O–H groups in total. The molecule has 1 aromatic carbocycles. The summed E-state index contributed by atoms with van der Waals surface area (Å²) in [5.41, 5.74) is 2.84. The van der Waals surface area contributed by atoms with Crippen molar-refractivity contribution in [2.24, 2.45) is 0 Å². The van der Waals surface area contributed by atoms with Crippen molar-refractivity contribution < 1.29 is 0 Å². The Morgan fingerprint density at radius 3 is 2.62 bits per heavy atom. The highest BCUT2D eigenvalue weighted by Crippen LogP contribution is 2.37. The van der Waals surface area contributed by atoms with E-state index in [0.29, 0.717) is 6.04 Å². The summed E-state index contributed by atoms with van der Waals surface area (Å²) in [6, 6.07) is 9.65. The summed E-state index contributed by atoms with van der Waals surface area (Å²) < 4.78 is 0. The van der Waals surface area contributed by atoms with Crippen molar-refractivity contribution >= 4 is 17.2 Å². The Labute approximate surface area is 102 Å². The van der Waals surface area contributed by atoms with Crippen molar-refractivity contribution in [3.05, 3.63) is 40.9 Å². The van der Waals surface area contributed by atoms with Gasteiger partial charge in [0.05, 0.1) is 0 Å². The zero-order chi connectivity index (χ0) is 11.1. The molecular formula is C14H16ClN. The van der Waals surface area contributed by atoms with E-state index in [1.54, 1.807) is 0 Å². The van der Waals surface area contributed by atoms with Gasteiger partial charge in [-0.2, -0.15) is 0 Å². The molecule has 2 aliphatic rings. The summed E-state index contributed by atoms with van der Waals surface area (Å²) in [4.78, 5) is 2.51. The molecule has 1 aromatic rings. The van der Waals surface area contributed by atoms with Crippen LogP contribution in [0.1, 0.15) is 24.8 Å². The lowest BCUT2D eigenvalue weighted by atomic mass is 9.95. The first-order valence-corrected chi connectivity index (χ1v) is 6.30. The van der Waals surface area contributed by atoms with E-state index in [1.165, 1.54) is 30.4 Å². The number of benzene rings is 1. The highest BCUT2D eigenvalue weighted by molar-refractivity contribution is 6.30. The molecule has 0 spiro atoms. The fourth-order valence-corrected chi connectivity index (χ4v) is 3.05. The highest BCUT2D eigenvalue weighted by Gasteiger charge is 2.33. The number of rotatable bonds is 1. The van der Waals surface area contributed by atoms with Gasteiger partial charge in [-0.25, -0.2) is 0 Å². The molecule has 0 saturated carbocycles. The molecule has 2 heteroatoms. The molecule has 16 heavy (non-hydrogen) atoms. The van der Waals surface area contributed by atoms with Crippen LogP contribution < -0.4 is 0 Å². The minimum absolute atomic E-state index is 0.657. The minimum atomic E-state index is 0.657. The smallest absolute Gasteiger partial charge is 0.0406 e. The van der Waals surface area contributed by atoms with Crippen LogP contribution in [0, 0.1) is 0 Å². The van der Waals surface area contributed by atoms with Gasteiger partial charge in [0.15, 0.2) is 0 Å². The second-order valence-corrected chi connectivity index (χ2v) is 5.30. The predicted molar refractivity (Wildman–Crippen MR) is 68.6 cm³/mol. The fraction of sp³-hybridized carbons (Fsp3) is 0.429. The lowest BCUT2D eigenvalue weighted by Crippen LogP contribution is -2.34. The molecule has 84 valence electrons. The van der Waals surface area contributed by atoms with Crippen LogP contribution in [0.5, 0.6) is 0 Å². The third-order valence-corrected chi connectivity index (χ3v) is 4.21. The maximum Gasteiger partial charge on any atom is 0.0406 e. The van der Waals surface area contributed by atoms with Gasteiger partial charge in [0.25, 0.3) is 0 Å². The number of hydrogen-bond donors (Lipinski definition) is 0. The van der Waals surface area contributed by atoms with E-state index in [1.807, 2.05) is 12.1 Å². The molecule has 0 aliphatic carbocycles. The third-order valence-electron chi connectivity index (χ3n) is 3.96. The van der Waals surface area contributed by atoms with Crippen molar-refractivity contribution in [3.63, 3.8) is 0 Å². The zero-order valence-corrected chi connectivity index (χ0v) is 10.2. The van der Waals surface area contributed by atoms with Crippen molar-refractivity contribution in [2.45, 2.75) is 31.3 Å². The van der Waals surface area contributed by atoms with Crippen molar-refractivity contribution in [1.29, 1.82) is 0 Å². The normalized spacial score (nSPS) is 29.2. The Morgan fingerprint density at radius 2 is 1.94 bits per heavy atom. The summed E-state index contributed by atoms with van der Waals surface area (Å²) in [5, 5.41) is 0.820. The summed E-state index contributed by atoms with van der Waals surface area (Å²) in [5.74, 6) is 0. The topological polar surface area (TPSA) is 3.24 Å². The summed E-state index contributed by atoms with van der Waals surface area (Å²) >= 11 is 5.92. The molecule has 2 aliphatic heterocycles. The van der Waals surface area contributed by atoms with E-state index in [9.17, 15) is 0 Å². The van der Waals surface area contributed by atoms with Gasteiger partial charge in [-0.05, 0) is 49.6 Å². The first-order valence-electron chi connectivity index (χ1n) is 5.92. The number of fused-ring (bicyclic) bond motifs is 2. The van der Waals surface area contributed by atoms with Crippen LogP contribution in [-0.2, 0) is 0 Å². The van der Waals surface area contributed by atoms with Crippen LogP contribution in [-0.4, -0.2) is 24.0 Å². The van der Waals surface area contributed by atoms with E-state index >= 15 is 0 Å². The lowest BCUT2D eigenvalue weighted by molar-refractivity contribution is 0.264. The Balaban J connectivity index is 1.92.